The van der Waals surface area contributed by atoms with Gasteiger partial charge in [0.05, 0.1) is 42.3 Å². The average molecular weight is 500 g/mol. The number of anilines is 2. The van der Waals surface area contributed by atoms with Crippen molar-refractivity contribution < 1.29 is 22.7 Å². The minimum atomic E-state index is -3.53. The fourth-order valence-corrected chi connectivity index (χ4v) is 4.44. The Morgan fingerprint density at radius 3 is 2.51 bits per heavy atom. The van der Waals surface area contributed by atoms with Crippen LogP contribution >= 0.6 is 0 Å². The van der Waals surface area contributed by atoms with Gasteiger partial charge in [-0.2, -0.15) is 0 Å². The summed E-state index contributed by atoms with van der Waals surface area (Å²) in [6.07, 6.45) is 8.50. The van der Waals surface area contributed by atoms with Gasteiger partial charge in [-0.1, -0.05) is 0 Å². The van der Waals surface area contributed by atoms with E-state index >= 15 is 0 Å². The first-order valence-corrected chi connectivity index (χ1v) is 12.4. The first-order valence-electron chi connectivity index (χ1n) is 10.9. The number of aromatic nitrogens is 5. The zero-order valence-electron chi connectivity index (χ0n) is 19.4. The predicted molar refractivity (Wildman–Crippen MR) is 127 cm³/mol. The molecular formula is C22H25N7O5S. The third kappa shape index (κ3) is 5.52. The van der Waals surface area contributed by atoms with Crippen LogP contribution in [0.15, 0.2) is 43.1 Å². The van der Waals surface area contributed by atoms with Crippen LogP contribution in [0.4, 0.5) is 11.6 Å². The summed E-state index contributed by atoms with van der Waals surface area (Å²) >= 11 is 0. The second-order valence-corrected chi connectivity index (χ2v) is 9.90. The second kappa shape index (κ2) is 9.88. The molecule has 184 valence electrons. The molecule has 1 atom stereocenters. The number of carbonyl (C=O) groups is 1. The SMILES string of the molecule is CCOc1cncc(-c2ccc(NC(=O)C(C)(OC)c3cncc(NS(=O)(=O)C4CC4)n3)nc2)n1. The highest BCUT2D eigenvalue weighted by Crippen LogP contribution is 2.30. The summed E-state index contributed by atoms with van der Waals surface area (Å²) in [5.74, 6) is 0.133. The van der Waals surface area contributed by atoms with Crippen LogP contribution in [0.5, 0.6) is 5.88 Å². The average Bonchev–Trinajstić information content (AvgIpc) is 3.71. The number of ether oxygens (including phenoxy) is 2. The van der Waals surface area contributed by atoms with Crippen LogP contribution < -0.4 is 14.8 Å². The highest BCUT2D eigenvalue weighted by molar-refractivity contribution is 7.93. The van der Waals surface area contributed by atoms with Gasteiger partial charge >= 0.3 is 0 Å². The molecule has 1 aliphatic rings. The molecule has 0 spiro atoms. The minimum absolute atomic E-state index is 0.0170. The normalized spacial score (nSPS) is 15.2. The Kier molecular flexibility index (Phi) is 6.89. The van der Waals surface area contributed by atoms with Crippen LogP contribution in [0, 0.1) is 0 Å². The molecule has 0 saturated heterocycles. The lowest BCUT2D eigenvalue weighted by atomic mass is 10.0. The van der Waals surface area contributed by atoms with Gasteiger partial charge in [-0.25, -0.2) is 23.4 Å². The highest BCUT2D eigenvalue weighted by atomic mass is 32.2. The Balaban J connectivity index is 1.50. The van der Waals surface area contributed by atoms with Crippen LogP contribution in [0.3, 0.4) is 0 Å². The molecular weight excluding hydrogens is 474 g/mol. The molecule has 1 amide bonds. The van der Waals surface area contributed by atoms with E-state index < -0.39 is 26.8 Å². The van der Waals surface area contributed by atoms with Crippen LogP contribution in [0.1, 0.15) is 32.4 Å². The van der Waals surface area contributed by atoms with Crippen molar-refractivity contribution in [3.63, 3.8) is 0 Å². The van der Waals surface area contributed by atoms with Crippen LogP contribution in [0.2, 0.25) is 0 Å². The number of carbonyl (C=O) groups excluding carboxylic acids is 1. The Morgan fingerprint density at radius 1 is 1.09 bits per heavy atom. The van der Waals surface area contributed by atoms with E-state index in [-0.39, 0.29) is 17.3 Å². The summed E-state index contributed by atoms with van der Waals surface area (Å²) in [4.78, 5) is 34.2. The molecule has 2 N–H and O–H groups in total. The van der Waals surface area contributed by atoms with E-state index in [1.54, 1.807) is 24.5 Å². The number of nitrogens with one attached hydrogen (secondary N) is 2. The van der Waals surface area contributed by atoms with Crippen LogP contribution in [-0.2, 0) is 25.2 Å². The van der Waals surface area contributed by atoms with E-state index in [9.17, 15) is 13.2 Å². The van der Waals surface area contributed by atoms with E-state index in [4.69, 9.17) is 9.47 Å². The first-order chi connectivity index (χ1) is 16.7. The molecule has 35 heavy (non-hydrogen) atoms. The number of hydrogen-bond donors (Lipinski definition) is 2. The molecule has 1 fully saturated rings. The van der Waals surface area contributed by atoms with Gasteiger partial charge in [0.25, 0.3) is 5.91 Å². The first kappa shape index (κ1) is 24.4. The van der Waals surface area contributed by atoms with E-state index in [0.29, 0.717) is 36.6 Å². The van der Waals surface area contributed by atoms with Crippen molar-refractivity contribution in [1.29, 1.82) is 0 Å². The van der Waals surface area contributed by atoms with Crippen molar-refractivity contribution >= 4 is 27.6 Å². The molecule has 0 bridgehead atoms. The van der Waals surface area contributed by atoms with E-state index in [0.717, 1.165) is 0 Å². The van der Waals surface area contributed by atoms with Crippen molar-refractivity contribution in [2.24, 2.45) is 0 Å². The molecule has 12 nitrogen and oxygen atoms in total. The zero-order chi connectivity index (χ0) is 25.1. The lowest BCUT2D eigenvalue weighted by Gasteiger charge is -2.26. The van der Waals surface area contributed by atoms with E-state index in [2.05, 4.69) is 35.0 Å². The van der Waals surface area contributed by atoms with E-state index in [1.807, 2.05) is 6.92 Å². The molecule has 4 rings (SSSR count). The number of amides is 1. The molecule has 3 heterocycles. The smallest absolute Gasteiger partial charge is 0.263 e. The maximum absolute atomic E-state index is 13.1. The number of rotatable bonds is 10. The summed E-state index contributed by atoms with van der Waals surface area (Å²) in [6.45, 7) is 3.84. The van der Waals surface area contributed by atoms with Crippen molar-refractivity contribution in [3.8, 4) is 17.1 Å². The van der Waals surface area contributed by atoms with Gasteiger partial charge in [-0.3, -0.25) is 19.5 Å². The third-order valence-electron chi connectivity index (χ3n) is 5.38. The quantitative estimate of drug-likeness (QED) is 0.423. The molecule has 13 heteroatoms. The predicted octanol–water partition coefficient (Wildman–Crippen LogP) is 2.13. The van der Waals surface area contributed by atoms with Gasteiger partial charge in [0.1, 0.15) is 11.5 Å². The van der Waals surface area contributed by atoms with Crippen molar-refractivity contribution in [2.75, 3.05) is 23.8 Å². The van der Waals surface area contributed by atoms with Gasteiger partial charge in [0.15, 0.2) is 11.4 Å². The molecule has 1 unspecified atom stereocenters. The fraction of sp³-hybridized carbons (Fsp3) is 0.364. The van der Waals surface area contributed by atoms with Crippen molar-refractivity contribution in [3.05, 3.63) is 48.8 Å². The van der Waals surface area contributed by atoms with Crippen molar-refractivity contribution in [2.45, 2.75) is 37.5 Å². The maximum Gasteiger partial charge on any atom is 0.263 e. The topological polar surface area (TPSA) is 158 Å². The third-order valence-corrected chi connectivity index (χ3v) is 7.22. The Hall–Kier alpha value is -3.71. The molecule has 3 aromatic rings. The highest BCUT2D eigenvalue weighted by Gasteiger charge is 2.39. The zero-order valence-corrected chi connectivity index (χ0v) is 20.2. The number of pyridine rings is 1. The summed E-state index contributed by atoms with van der Waals surface area (Å²) in [6, 6.07) is 3.35. The summed E-state index contributed by atoms with van der Waals surface area (Å²) in [7, 11) is -2.18. The number of hydrogen-bond acceptors (Lipinski definition) is 10. The fourth-order valence-electron chi connectivity index (χ4n) is 3.13. The lowest BCUT2D eigenvalue weighted by Crippen LogP contribution is -2.40. The molecule has 0 radical (unpaired) electrons. The second-order valence-electron chi connectivity index (χ2n) is 7.94. The summed E-state index contributed by atoms with van der Waals surface area (Å²) in [5, 5.41) is 2.27. The van der Waals surface area contributed by atoms with Crippen LogP contribution in [-0.4, -0.2) is 58.2 Å². The Labute approximate surface area is 202 Å². The molecule has 3 aromatic heterocycles. The Bertz CT molecular complexity index is 1320. The number of methoxy groups -OCH3 is 1. The van der Waals surface area contributed by atoms with Crippen molar-refractivity contribution in [1.82, 2.24) is 24.9 Å². The standard InChI is InChI=1S/C22H25N7O5S/c1-4-34-20-13-23-10-16(26-20)14-5-8-18(25-9-14)28-21(30)22(2,33-3)17-11-24-12-19(27-17)29-35(31,32)15-6-7-15/h5,8-13,15H,4,6-7H2,1-3H3,(H,27,29)(H,25,28,30). The van der Waals surface area contributed by atoms with Gasteiger partial charge in [-0.05, 0) is 38.8 Å². The van der Waals surface area contributed by atoms with Gasteiger partial charge in [0, 0.05) is 18.9 Å². The Morgan fingerprint density at radius 2 is 1.86 bits per heavy atom. The van der Waals surface area contributed by atoms with Gasteiger partial charge in [0.2, 0.25) is 15.9 Å². The largest absolute Gasteiger partial charge is 0.477 e. The number of nitrogens with zero attached hydrogens (tertiary/aromatic N) is 5. The summed E-state index contributed by atoms with van der Waals surface area (Å²) in [5.41, 5.74) is -0.170. The minimum Gasteiger partial charge on any atom is -0.477 e. The molecule has 0 aliphatic heterocycles. The maximum atomic E-state index is 13.1. The van der Waals surface area contributed by atoms with Gasteiger partial charge in [-0.15, -0.1) is 0 Å². The lowest BCUT2D eigenvalue weighted by molar-refractivity contribution is -0.137. The summed E-state index contributed by atoms with van der Waals surface area (Å²) < 4.78 is 37.7. The van der Waals surface area contributed by atoms with E-state index in [1.165, 1.54) is 32.6 Å². The molecule has 1 aliphatic carbocycles. The molecule has 0 aromatic carbocycles. The van der Waals surface area contributed by atoms with Gasteiger partial charge < -0.3 is 14.8 Å². The number of sulfonamides is 1. The molecule has 1 saturated carbocycles. The van der Waals surface area contributed by atoms with Crippen LogP contribution in [0.25, 0.3) is 11.3 Å². The monoisotopic (exact) mass is 499 g/mol.